The van der Waals surface area contributed by atoms with Gasteiger partial charge in [-0.25, -0.2) is 4.79 Å². The Morgan fingerprint density at radius 1 is 1.50 bits per heavy atom. The van der Waals surface area contributed by atoms with E-state index in [0.29, 0.717) is 0 Å². The van der Waals surface area contributed by atoms with Gasteiger partial charge in [0.1, 0.15) is 0 Å². The highest BCUT2D eigenvalue weighted by Crippen LogP contribution is 2.20. The van der Waals surface area contributed by atoms with E-state index in [1.165, 1.54) is 17.6 Å². The van der Waals surface area contributed by atoms with Gasteiger partial charge >= 0.3 is 6.03 Å². The smallest absolute Gasteiger partial charge is 0.338 e. The van der Waals surface area contributed by atoms with Crippen LogP contribution in [0.25, 0.3) is 0 Å². The molecule has 2 rings (SSSR count). The lowest BCUT2D eigenvalue weighted by molar-refractivity contribution is 0.0453. The summed E-state index contributed by atoms with van der Waals surface area (Å²) in [6.45, 7) is 1.81. The number of hydrogen-bond donors (Lipinski definition) is 1. The zero-order chi connectivity index (χ0) is 13.1. The summed E-state index contributed by atoms with van der Waals surface area (Å²) in [4.78, 5) is 24.4. The maximum atomic E-state index is 12.0. The minimum absolute atomic E-state index is 0.00514. The SMILES string of the molecule is COC1CCCCC1NC(=O)n1sc(C)cc1=O. The van der Waals surface area contributed by atoms with E-state index in [1.54, 1.807) is 7.11 Å². The number of nitrogens with zero attached hydrogens (tertiary/aromatic N) is 1. The Kier molecular flexibility index (Phi) is 4.19. The molecule has 1 aromatic rings. The normalized spacial score (nSPS) is 23.9. The van der Waals surface area contributed by atoms with Gasteiger partial charge in [-0.1, -0.05) is 24.4 Å². The highest BCUT2D eigenvalue weighted by molar-refractivity contribution is 7.07. The van der Waals surface area contributed by atoms with Gasteiger partial charge in [0.15, 0.2) is 0 Å². The summed E-state index contributed by atoms with van der Waals surface area (Å²) in [5, 5.41) is 2.90. The predicted octanol–water partition coefficient (Wildman–Crippen LogP) is 1.73. The molecule has 1 heterocycles. The van der Waals surface area contributed by atoms with Gasteiger partial charge in [-0.15, -0.1) is 0 Å². The van der Waals surface area contributed by atoms with Gasteiger partial charge in [-0.3, -0.25) is 4.79 Å². The summed E-state index contributed by atoms with van der Waals surface area (Å²) in [6, 6.07) is 1.14. The molecule has 1 fully saturated rings. The fourth-order valence-corrected chi connectivity index (χ4v) is 3.07. The van der Waals surface area contributed by atoms with E-state index >= 15 is 0 Å². The zero-order valence-electron chi connectivity index (χ0n) is 10.6. The Morgan fingerprint density at radius 3 is 2.83 bits per heavy atom. The second-order valence-electron chi connectivity index (χ2n) is 4.59. The van der Waals surface area contributed by atoms with E-state index in [4.69, 9.17) is 4.74 Å². The molecule has 18 heavy (non-hydrogen) atoms. The van der Waals surface area contributed by atoms with Crippen LogP contribution in [-0.2, 0) is 4.74 Å². The lowest BCUT2D eigenvalue weighted by Crippen LogP contribution is -2.48. The highest BCUT2D eigenvalue weighted by Gasteiger charge is 2.27. The number of aryl methyl sites for hydroxylation is 1. The van der Waals surface area contributed by atoms with Crippen LogP contribution in [0, 0.1) is 6.92 Å². The van der Waals surface area contributed by atoms with E-state index in [1.807, 2.05) is 6.92 Å². The van der Waals surface area contributed by atoms with Crippen molar-refractivity contribution >= 4 is 17.6 Å². The molecule has 1 aliphatic carbocycles. The van der Waals surface area contributed by atoms with Crippen LogP contribution < -0.4 is 10.9 Å². The van der Waals surface area contributed by atoms with Crippen molar-refractivity contribution in [1.29, 1.82) is 0 Å². The number of hydrogen-bond acceptors (Lipinski definition) is 4. The molecule has 1 aromatic heterocycles. The molecule has 2 unspecified atom stereocenters. The number of methoxy groups -OCH3 is 1. The minimum Gasteiger partial charge on any atom is -0.379 e. The maximum absolute atomic E-state index is 12.0. The monoisotopic (exact) mass is 270 g/mol. The number of nitrogens with one attached hydrogen (secondary N) is 1. The summed E-state index contributed by atoms with van der Waals surface area (Å²) < 4.78 is 6.54. The summed E-state index contributed by atoms with van der Waals surface area (Å²) in [5.74, 6) is 0. The standard InChI is InChI=1S/C12H18N2O3S/c1-8-7-11(15)14(18-8)12(16)13-9-5-3-4-6-10(9)17-2/h7,9-10H,3-6H2,1-2H3,(H,13,16). The highest BCUT2D eigenvalue weighted by atomic mass is 32.1. The summed E-state index contributed by atoms with van der Waals surface area (Å²) in [6.07, 6.45) is 4.13. The van der Waals surface area contributed by atoms with Crippen LogP contribution in [0.3, 0.4) is 0 Å². The lowest BCUT2D eigenvalue weighted by atomic mass is 9.92. The lowest BCUT2D eigenvalue weighted by Gasteiger charge is -2.30. The second kappa shape index (κ2) is 5.67. The van der Waals surface area contributed by atoms with Crippen LogP contribution in [0.1, 0.15) is 30.6 Å². The molecule has 0 bridgehead atoms. The van der Waals surface area contributed by atoms with Crippen molar-refractivity contribution < 1.29 is 9.53 Å². The Bertz CT molecular complexity index is 480. The van der Waals surface area contributed by atoms with Crippen molar-refractivity contribution in [3.05, 3.63) is 21.3 Å². The van der Waals surface area contributed by atoms with Crippen LogP contribution in [0.5, 0.6) is 0 Å². The van der Waals surface area contributed by atoms with Gasteiger partial charge in [0.05, 0.1) is 12.1 Å². The van der Waals surface area contributed by atoms with E-state index in [2.05, 4.69) is 5.32 Å². The van der Waals surface area contributed by atoms with Crippen LogP contribution in [0.2, 0.25) is 0 Å². The largest absolute Gasteiger partial charge is 0.379 e. The third-order valence-corrected chi connectivity index (χ3v) is 4.19. The molecule has 0 aliphatic heterocycles. The Labute approximate surface area is 110 Å². The van der Waals surface area contributed by atoms with Crippen LogP contribution in [0.4, 0.5) is 4.79 Å². The van der Waals surface area contributed by atoms with Crippen molar-refractivity contribution in [2.75, 3.05) is 7.11 Å². The molecule has 2 atom stereocenters. The minimum atomic E-state index is -0.341. The Hall–Kier alpha value is -1.14. The first-order chi connectivity index (χ1) is 8.61. The van der Waals surface area contributed by atoms with Crippen molar-refractivity contribution in [1.82, 2.24) is 9.27 Å². The molecule has 5 nitrogen and oxygen atoms in total. The number of ether oxygens (including phenoxy) is 1. The van der Waals surface area contributed by atoms with E-state index < -0.39 is 0 Å². The number of carbonyl (C=O) groups excluding carboxylic acids is 1. The molecule has 0 aromatic carbocycles. The van der Waals surface area contributed by atoms with Gasteiger partial charge in [0.25, 0.3) is 5.56 Å². The molecule has 0 spiro atoms. The summed E-state index contributed by atoms with van der Waals surface area (Å²) in [5.41, 5.74) is -0.264. The first-order valence-corrected chi connectivity index (χ1v) is 6.93. The van der Waals surface area contributed by atoms with Crippen molar-refractivity contribution in [3.8, 4) is 0 Å². The van der Waals surface area contributed by atoms with E-state index in [-0.39, 0.29) is 23.7 Å². The predicted molar refractivity (Wildman–Crippen MR) is 70.3 cm³/mol. The summed E-state index contributed by atoms with van der Waals surface area (Å²) >= 11 is 1.17. The maximum Gasteiger partial charge on any atom is 0.338 e. The number of carbonyl (C=O) groups is 1. The van der Waals surface area contributed by atoms with E-state index in [0.717, 1.165) is 34.5 Å². The average molecular weight is 270 g/mol. The van der Waals surface area contributed by atoms with Gasteiger partial charge in [-0.2, -0.15) is 3.96 Å². The first-order valence-electron chi connectivity index (χ1n) is 6.15. The Balaban J connectivity index is 2.06. The van der Waals surface area contributed by atoms with Crippen molar-refractivity contribution in [2.24, 2.45) is 0 Å². The fraction of sp³-hybridized carbons (Fsp3) is 0.667. The molecule has 0 saturated heterocycles. The third kappa shape index (κ3) is 2.81. The average Bonchev–Trinajstić information content (AvgIpc) is 2.69. The molecule has 0 radical (unpaired) electrons. The van der Waals surface area contributed by atoms with Gasteiger partial charge < -0.3 is 10.1 Å². The Morgan fingerprint density at radius 2 is 2.22 bits per heavy atom. The fourth-order valence-electron chi connectivity index (χ4n) is 2.35. The van der Waals surface area contributed by atoms with Crippen LogP contribution >= 0.6 is 11.5 Å². The van der Waals surface area contributed by atoms with Crippen LogP contribution in [0.15, 0.2) is 10.9 Å². The number of aromatic nitrogens is 1. The molecular formula is C12H18N2O3S. The molecule has 100 valence electrons. The third-order valence-electron chi connectivity index (χ3n) is 3.26. The van der Waals surface area contributed by atoms with Gasteiger partial charge in [0, 0.05) is 18.1 Å². The first kappa shape index (κ1) is 13.3. The van der Waals surface area contributed by atoms with Gasteiger partial charge in [0.2, 0.25) is 0 Å². The quantitative estimate of drug-likeness (QED) is 0.890. The van der Waals surface area contributed by atoms with Crippen molar-refractivity contribution in [3.63, 3.8) is 0 Å². The number of amides is 1. The van der Waals surface area contributed by atoms with Crippen molar-refractivity contribution in [2.45, 2.75) is 44.8 Å². The summed E-state index contributed by atoms with van der Waals surface area (Å²) in [7, 11) is 1.66. The van der Waals surface area contributed by atoms with E-state index in [9.17, 15) is 9.59 Å². The molecule has 6 heteroatoms. The molecular weight excluding hydrogens is 252 g/mol. The topological polar surface area (TPSA) is 60.3 Å². The van der Waals surface area contributed by atoms with Gasteiger partial charge in [-0.05, 0) is 19.8 Å². The molecule has 1 saturated carbocycles. The molecule has 1 amide bonds. The molecule has 1 N–H and O–H groups in total. The van der Waals surface area contributed by atoms with Crippen LogP contribution in [-0.4, -0.2) is 29.2 Å². The number of rotatable bonds is 2. The zero-order valence-corrected chi connectivity index (χ0v) is 11.5. The second-order valence-corrected chi connectivity index (χ2v) is 5.79. The molecule has 1 aliphatic rings.